The van der Waals surface area contributed by atoms with E-state index in [2.05, 4.69) is 15.5 Å². The summed E-state index contributed by atoms with van der Waals surface area (Å²) in [6.07, 6.45) is 0. The maximum absolute atomic E-state index is 10.3. The number of rotatable bonds is 6. The van der Waals surface area contributed by atoms with E-state index in [1.54, 1.807) is 19.2 Å². The van der Waals surface area contributed by atoms with Gasteiger partial charge < -0.3 is 29.3 Å². The number of aromatic nitrogens is 2. The van der Waals surface area contributed by atoms with E-state index >= 15 is 0 Å². The molecule has 0 amide bonds. The molecule has 0 bridgehead atoms. The van der Waals surface area contributed by atoms with Crippen LogP contribution in [0.15, 0.2) is 52.7 Å². The van der Waals surface area contributed by atoms with Crippen LogP contribution in [-0.2, 0) is 0 Å². The minimum absolute atomic E-state index is 0.0373. The number of thiocarbonyl (C=S) groups is 1. The number of hydrogen-bond acceptors (Lipinski definition) is 7. The Morgan fingerprint density at radius 3 is 2.69 bits per heavy atom. The van der Waals surface area contributed by atoms with Crippen molar-refractivity contribution in [2.24, 2.45) is 0 Å². The average Bonchev–Trinajstić information content (AvgIpc) is 3.28. The predicted octanol–water partition coefficient (Wildman–Crippen LogP) is 4.14. The van der Waals surface area contributed by atoms with Crippen molar-refractivity contribution >= 4 is 22.9 Å². The fourth-order valence-corrected chi connectivity index (χ4v) is 4.17. The van der Waals surface area contributed by atoms with Crippen molar-refractivity contribution < 1.29 is 19.1 Å². The second-order valence-corrected chi connectivity index (χ2v) is 7.60. The van der Waals surface area contributed by atoms with E-state index in [1.807, 2.05) is 49.1 Å². The quantitative estimate of drug-likeness (QED) is 0.535. The van der Waals surface area contributed by atoms with Gasteiger partial charge in [0.15, 0.2) is 16.6 Å². The van der Waals surface area contributed by atoms with Gasteiger partial charge in [-0.25, -0.2) is 0 Å². The lowest BCUT2D eigenvalue weighted by molar-refractivity contribution is 0.372. The number of ether oxygens (including phenoxy) is 2. The fourth-order valence-electron chi connectivity index (χ4n) is 3.79. The minimum atomic E-state index is -0.388. The minimum Gasteiger partial charge on any atom is -0.504 e. The first-order valence-electron chi connectivity index (χ1n) is 10.1. The maximum Gasteiger partial charge on any atom is 0.258 e. The number of allylic oxidation sites excluding steroid dienone is 1. The van der Waals surface area contributed by atoms with Gasteiger partial charge in [-0.1, -0.05) is 23.4 Å². The van der Waals surface area contributed by atoms with Gasteiger partial charge in [0, 0.05) is 17.8 Å². The molecule has 4 rings (SSSR count). The Labute approximate surface area is 191 Å². The first kappa shape index (κ1) is 21.6. The highest BCUT2D eigenvalue weighted by molar-refractivity contribution is 7.80. The summed E-state index contributed by atoms with van der Waals surface area (Å²) in [4.78, 5) is 6.64. The van der Waals surface area contributed by atoms with Gasteiger partial charge in [-0.05, 0) is 55.9 Å². The van der Waals surface area contributed by atoms with Crippen LogP contribution in [0.5, 0.6) is 17.2 Å². The first-order valence-corrected chi connectivity index (χ1v) is 10.5. The van der Waals surface area contributed by atoms with Crippen LogP contribution < -0.4 is 14.8 Å². The zero-order chi connectivity index (χ0) is 22.8. The van der Waals surface area contributed by atoms with Crippen LogP contribution in [0.2, 0.25) is 0 Å². The van der Waals surface area contributed by atoms with E-state index in [1.165, 1.54) is 7.11 Å². The van der Waals surface area contributed by atoms with Gasteiger partial charge >= 0.3 is 0 Å². The lowest BCUT2D eigenvalue weighted by atomic mass is 9.94. The largest absolute Gasteiger partial charge is 0.504 e. The normalized spacial score (nSPS) is 16.2. The summed E-state index contributed by atoms with van der Waals surface area (Å²) in [7, 11) is 3.12. The highest BCUT2D eigenvalue weighted by Gasteiger charge is 2.34. The van der Waals surface area contributed by atoms with E-state index in [-0.39, 0.29) is 11.8 Å². The van der Waals surface area contributed by atoms with Crippen LogP contribution >= 0.6 is 12.2 Å². The van der Waals surface area contributed by atoms with Crippen molar-refractivity contribution in [3.63, 3.8) is 0 Å². The number of nitrogens with zero attached hydrogens (tertiary/aromatic N) is 3. The van der Waals surface area contributed by atoms with Gasteiger partial charge in [-0.15, -0.1) is 0 Å². The van der Waals surface area contributed by atoms with Crippen molar-refractivity contribution in [1.29, 1.82) is 0 Å². The Hall–Kier alpha value is -3.59. The number of phenols is 1. The number of nitrogens with one attached hydrogen (secondary N) is 1. The van der Waals surface area contributed by atoms with Crippen molar-refractivity contribution in [2.45, 2.75) is 19.9 Å². The van der Waals surface area contributed by atoms with Gasteiger partial charge in [-0.2, -0.15) is 4.98 Å². The van der Waals surface area contributed by atoms with Gasteiger partial charge in [0.05, 0.1) is 25.8 Å². The molecule has 3 aromatic rings. The number of hydrogen-bond donors (Lipinski definition) is 2. The number of benzene rings is 2. The Bertz CT molecular complexity index is 1190. The second-order valence-electron chi connectivity index (χ2n) is 7.21. The second kappa shape index (κ2) is 8.88. The Morgan fingerprint density at radius 2 is 2.00 bits per heavy atom. The third kappa shape index (κ3) is 3.87. The summed E-state index contributed by atoms with van der Waals surface area (Å²) in [5.74, 6) is 1.95. The first-order chi connectivity index (χ1) is 15.5. The molecular weight excluding hydrogens is 428 g/mol. The molecule has 2 heterocycles. The molecule has 0 aliphatic carbocycles. The molecule has 1 aliphatic rings. The lowest BCUT2D eigenvalue weighted by Crippen LogP contribution is -2.45. The topological polar surface area (TPSA) is 92.9 Å². The van der Waals surface area contributed by atoms with Crippen LogP contribution in [-0.4, -0.2) is 46.0 Å². The zero-order valence-electron chi connectivity index (χ0n) is 18.2. The summed E-state index contributed by atoms with van der Waals surface area (Å²) < 4.78 is 16.2. The fraction of sp³-hybridized carbons (Fsp3) is 0.261. The molecule has 0 saturated heterocycles. The van der Waals surface area contributed by atoms with E-state index in [0.717, 1.165) is 22.4 Å². The summed E-state index contributed by atoms with van der Waals surface area (Å²) in [6.45, 7) is 4.67. The van der Waals surface area contributed by atoms with Crippen LogP contribution in [0.1, 0.15) is 31.3 Å². The van der Waals surface area contributed by atoms with Gasteiger partial charge in [0.1, 0.15) is 5.75 Å². The third-order valence-electron chi connectivity index (χ3n) is 5.43. The van der Waals surface area contributed by atoms with Crippen molar-refractivity contribution in [2.75, 3.05) is 20.8 Å². The van der Waals surface area contributed by atoms with Gasteiger partial charge in [0.25, 0.3) is 5.89 Å². The van der Waals surface area contributed by atoms with Crippen LogP contribution in [0.4, 0.5) is 0 Å². The Kier molecular flexibility index (Phi) is 6.00. The molecule has 0 spiro atoms. The molecule has 1 aliphatic heterocycles. The molecule has 0 radical (unpaired) electrons. The smallest absolute Gasteiger partial charge is 0.258 e. The summed E-state index contributed by atoms with van der Waals surface area (Å²) in [5.41, 5.74) is 3.25. The van der Waals surface area contributed by atoms with Gasteiger partial charge in [0.2, 0.25) is 5.82 Å². The molecule has 9 heteroatoms. The molecular formula is C23H24N4O4S. The highest BCUT2D eigenvalue weighted by atomic mass is 32.1. The molecule has 8 nitrogen and oxygen atoms in total. The SMILES string of the molecule is CCN1C(=S)NC(c2ccc(OC)c(O)c2)C(c2nc(-c3cccc(OC)c3)no2)=C1C. The summed E-state index contributed by atoms with van der Waals surface area (Å²) >= 11 is 5.59. The molecule has 1 aromatic heterocycles. The predicted molar refractivity (Wildman–Crippen MR) is 124 cm³/mol. The molecule has 1 atom stereocenters. The number of aromatic hydroxyl groups is 1. The van der Waals surface area contributed by atoms with Crippen LogP contribution in [0, 0.1) is 0 Å². The molecule has 1 unspecified atom stereocenters. The molecule has 32 heavy (non-hydrogen) atoms. The van der Waals surface area contributed by atoms with E-state index in [9.17, 15) is 5.11 Å². The van der Waals surface area contributed by atoms with E-state index in [4.69, 9.17) is 26.2 Å². The molecule has 0 fully saturated rings. The Balaban J connectivity index is 1.81. The maximum atomic E-state index is 10.3. The monoisotopic (exact) mass is 452 g/mol. The number of methoxy groups -OCH3 is 2. The highest BCUT2D eigenvalue weighted by Crippen LogP contribution is 2.39. The Morgan fingerprint density at radius 1 is 1.19 bits per heavy atom. The van der Waals surface area contributed by atoms with Crippen molar-refractivity contribution in [3.8, 4) is 28.6 Å². The molecule has 0 saturated carbocycles. The average molecular weight is 453 g/mol. The standard InChI is InChI=1S/C23H24N4O4S/c1-5-27-13(2)19(20(24-23(27)32)14-9-10-18(30-4)17(28)12-14)22-25-21(26-31-22)15-7-6-8-16(11-15)29-3/h6-12,20,28H,5H2,1-4H3,(H,24,32). The van der Waals surface area contributed by atoms with E-state index < -0.39 is 0 Å². The van der Waals surface area contributed by atoms with Gasteiger partial charge in [-0.3, -0.25) is 0 Å². The van der Waals surface area contributed by atoms with Crippen LogP contribution in [0.3, 0.4) is 0 Å². The van der Waals surface area contributed by atoms with Crippen LogP contribution in [0.25, 0.3) is 17.0 Å². The molecule has 166 valence electrons. The van der Waals surface area contributed by atoms with Crippen molar-refractivity contribution in [1.82, 2.24) is 20.4 Å². The van der Waals surface area contributed by atoms with Crippen molar-refractivity contribution in [3.05, 3.63) is 59.6 Å². The summed E-state index contributed by atoms with van der Waals surface area (Å²) in [5, 5.41) is 18.5. The summed E-state index contributed by atoms with van der Waals surface area (Å²) in [6, 6.07) is 12.3. The zero-order valence-corrected chi connectivity index (χ0v) is 19.1. The lowest BCUT2D eigenvalue weighted by Gasteiger charge is -2.36. The third-order valence-corrected chi connectivity index (χ3v) is 5.77. The van der Waals surface area contributed by atoms with E-state index in [0.29, 0.717) is 34.9 Å². The number of phenolic OH excluding ortho intramolecular Hbond substituents is 1. The molecule has 2 aromatic carbocycles. The molecule has 2 N–H and O–H groups in total.